The Kier molecular flexibility index (Phi) is 5.41. The molecule has 0 aromatic heterocycles. The molecule has 1 aliphatic heterocycles. The molecule has 0 saturated carbocycles. The van der Waals surface area contributed by atoms with Crippen LogP contribution in [0.4, 0.5) is 0 Å². The van der Waals surface area contributed by atoms with Gasteiger partial charge < -0.3 is 4.90 Å². The second kappa shape index (κ2) is 6.62. The Balaban J connectivity index is 2.34. The van der Waals surface area contributed by atoms with Gasteiger partial charge in [0, 0.05) is 13.1 Å². The van der Waals surface area contributed by atoms with Crippen molar-refractivity contribution < 1.29 is 0 Å². The maximum absolute atomic E-state index is 2.37. The molecular formula is C14H23N. The van der Waals surface area contributed by atoms with Gasteiger partial charge in [0.05, 0.1) is 0 Å². The molecule has 1 heterocycles. The summed E-state index contributed by atoms with van der Waals surface area (Å²) in [4.78, 5) is 2.36. The first-order chi connectivity index (χ1) is 7.22. The zero-order chi connectivity index (χ0) is 11.1. The Morgan fingerprint density at radius 3 is 2.93 bits per heavy atom. The Labute approximate surface area is 94.2 Å². The minimum atomic E-state index is 1.12. The molecule has 1 rings (SSSR count). The lowest BCUT2D eigenvalue weighted by molar-refractivity contribution is 0.358. The number of hydrogen-bond donors (Lipinski definition) is 0. The van der Waals surface area contributed by atoms with Crippen molar-refractivity contribution in [3.05, 3.63) is 35.5 Å². The molecule has 0 aliphatic carbocycles. The summed E-state index contributed by atoms with van der Waals surface area (Å²) in [5, 5.41) is 0. The van der Waals surface area contributed by atoms with Gasteiger partial charge in [-0.3, -0.25) is 0 Å². The van der Waals surface area contributed by atoms with Crippen LogP contribution in [-0.2, 0) is 0 Å². The van der Waals surface area contributed by atoms with Crippen LogP contribution in [0.25, 0.3) is 0 Å². The highest BCUT2D eigenvalue weighted by atomic mass is 15.1. The molecule has 0 N–H and O–H groups in total. The van der Waals surface area contributed by atoms with Gasteiger partial charge in [0.1, 0.15) is 0 Å². The van der Waals surface area contributed by atoms with Gasteiger partial charge in [0.25, 0.3) is 0 Å². The molecule has 84 valence electrons. The average Bonchev–Trinajstić information content (AvgIpc) is 2.21. The van der Waals surface area contributed by atoms with E-state index in [2.05, 4.69) is 50.1 Å². The highest BCUT2D eigenvalue weighted by molar-refractivity contribution is 5.19. The fraction of sp³-hybridized carbons (Fsp3) is 0.571. The lowest BCUT2D eigenvalue weighted by Crippen LogP contribution is -2.23. The van der Waals surface area contributed by atoms with E-state index in [0.29, 0.717) is 0 Å². The van der Waals surface area contributed by atoms with E-state index in [4.69, 9.17) is 0 Å². The van der Waals surface area contributed by atoms with Crippen molar-refractivity contribution in [3.63, 3.8) is 0 Å². The molecule has 0 aromatic rings. The van der Waals surface area contributed by atoms with Crippen LogP contribution in [0.2, 0.25) is 0 Å². The minimum Gasteiger partial charge on any atom is -0.302 e. The summed E-state index contributed by atoms with van der Waals surface area (Å²) in [5.74, 6) is 0. The highest BCUT2D eigenvalue weighted by Crippen LogP contribution is 2.13. The summed E-state index contributed by atoms with van der Waals surface area (Å²) >= 11 is 0. The second-order valence-electron chi connectivity index (χ2n) is 4.34. The fourth-order valence-corrected chi connectivity index (χ4v) is 1.78. The van der Waals surface area contributed by atoms with Crippen molar-refractivity contribution in [1.29, 1.82) is 0 Å². The monoisotopic (exact) mass is 205 g/mol. The van der Waals surface area contributed by atoms with Crippen molar-refractivity contribution in [2.75, 3.05) is 20.1 Å². The first kappa shape index (κ1) is 12.3. The van der Waals surface area contributed by atoms with Crippen molar-refractivity contribution >= 4 is 0 Å². The molecule has 1 aliphatic rings. The standard InChI is InChI=1S/C14H23N/c1-4-6-13(2)7-5-8-14-9-11-15(3)12-10-14/h5-7,9H,4,8,10-12H2,1-3H3/b7-5-,13-6-. The molecule has 0 saturated heterocycles. The number of nitrogens with zero attached hydrogens (tertiary/aromatic N) is 1. The van der Waals surface area contributed by atoms with Crippen LogP contribution in [0.5, 0.6) is 0 Å². The Bertz CT molecular complexity index is 271. The fourth-order valence-electron chi connectivity index (χ4n) is 1.78. The van der Waals surface area contributed by atoms with E-state index in [9.17, 15) is 0 Å². The Morgan fingerprint density at radius 1 is 1.53 bits per heavy atom. The first-order valence-corrected chi connectivity index (χ1v) is 5.92. The van der Waals surface area contributed by atoms with Gasteiger partial charge in [-0.05, 0) is 33.2 Å². The Morgan fingerprint density at radius 2 is 2.33 bits per heavy atom. The molecule has 0 radical (unpaired) electrons. The van der Waals surface area contributed by atoms with E-state index in [-0.39, 0.29) is 0 Å². The van der Waals surface area contributed by atoms with E-state index in [1.807, 2.05) is 0 Å². The minimum absolute atomic E-state index is 1.12. The third kappa shape index (κ3) is 4.98. The number of hydrogen-bond acceptors (Lipinski definition) is 1. The molecule has 0 aromatic carbocycles. The summed E-state index contributed by atoms with van der Waals surface area (Å²) in [7, 11) is 2.18. The SMILES string of the molecule is CC/C=C(C)\C=C/CC1=CCN(C)CC1. The normalized spacial score (nSPS) is 19.7. The van der Waals surface area contributed by atoms with Crippen molar-refractivity contribution in [2.24, 2.45) is 0 Å². The van der Waals surface area contributed by atoms with E-state index in [1.165, 1.54) is 18.5 Å². The molecular weight excluding hydrogens is 182 g/mol. The maximum atomic E-state index is 2.37. The molecule has 1 heteroatoms. The molecule has 0 bridgehead atoms. The summed E-state index contributed by atoms with van der Waals surface area (Å²) in [6.07, 6.45) is 12.7. The molecule has 0 fully saturated rings. The zero-order valence-corrected chi connectivity index (χ0v) is 10.3. The van der Waals surface area contributed by atoms with Gasteiger partial charge in [0.2, 0.25) is 0 Å². The van der Waals surface area contributed by atoms with E-state index in [0.717, 1.165) is 19.4 Å². The first-order valence-electron chi connectivity index (χ1n) is 5.92. The van der Waals surface area contributed by atoms with Gasteiger partial charge >= 0.3 is 0 Å². The van der Waals surface area contributed by atoms with E-state index in [1.54, 1.807) is 5.57 Å². The third-order valence-corrected chi connectivity index (χ3v) is 2.79. The smallest absolute Gasteiger partial charge is 0.0163 e. The van der Waals surface area contributed by atoms with Crippen LogP contribution in [0.15, 0.2) is 35.5 Å². The summed E-state index contributed by atoms with van der Waals surface area (Å²) in [6, 6.07) is 0. The molecule has 15 heavy (non-hydrogen) atoms. The van der Waals surface area contributed by atoms with E-state index < -0.39 is 0 Å². The molecule has 0 unspecified atom stereocenters. The van der Waals surface area contributed by atoms with Crippen molar-refractivity contribution in [2.45, 2.75) is 33.1 Å². The van der Waals surface area contributed by atoms with Gasteiger partial charge in [-0.1, -0.05) is 42.4 Å². The average molecular weight is 205 g/mol. The topological polar surface area (TPSA) is 3.24 Å². The zero-order valence-electron chi connectivity index (χ0n) is 10.3. The van der Waals surface area contributed by atoms with Crippen LogP contribution in [0, 0.1) is 0 Å². The number of rotatable bonds is 4. The van der Waals surface area contributed by atoms with Crippen LogP contribution in [0.1, 0.15) is 33.1 Å². The predicted octanol–water partition coefficient (Wildman–Crippen LogP) is 3.55. The Hall–Kier alpha value is -0.820. The summed E-state index contributed by atoms with van der Waals surface area (Å²) < 4.78 is 0. The quantitative estimate of drug-likeness (QED) is 0.501. The summed E-state index contributed by atoms with van der Waals surface area (Å²) in [5.41, 5.74) is 2.97. The van der Waals surface area contributed by atoms with Crippen LogP contribution in [0.3, 0.4) is 0 Å². The number of likely N-dealkylation sites (N-methyl/N-ethyl adjacent to an activating group) is 1. The van der Waals surface area contributed by atoms with Crippen LogP contribution in [-0.4, -0.2) is 25.0 Å². The highest BCUT2D eigenvalue weighted by Gasteiger charge is 2.05. The molecule has 1 nitrogen and oxygen atoms in total. The maximum Gasteiger partial charge on any atom is 0.0163 e. The van der Waals surface area contributed by atoms with E-state index >= 15 is 0 Å². The van der Waals surface area contributed by atoms with Crippen LogP contribution < -0.4 is 0 Å². The molecule has 0 amide bonds. The molecule has 0 atom stereocenters. The van der Waals surface area contributed by atoms with Gasteiger partial charge in [0.15, 0.2) is 0 Å². The van der Waals surface area contributed by atoms with Crippen molar-refractivity contribution in [1.82, 2.24) is 4.90 Å². The van der Waals surface area contributed by atoms with Gasteiger partial charge in [-0.2, -0.15) is 0 Å². The predicted molar refractivity (Wildman–Crippen MR) is 68.0 cm³/mol. The lowest BCUT2D eigenvalue weighted by Gasteiger charge is -2.21. The van der Waals surface area contributed by atoms with Gasteiger partial charge in [-0.15, -0.1) is 0 Å². The van der Waals surface area contributed by atoms with Gasteiger partial charge in [-0.25, -0.2) is 0 Å². The molecule has 0 spiro atoms. The third-order valence-electron chi connectivity index (χ3n) is 2.79. The summed E-state index contributed by atoms with van der Waals surface area (Å²) in [6.45, 7) is 6.68. The lowest BCUT2D eigenvalue weighted by atomic mass is 10.0. The number of allylic oxidation sites excluding steroid dienone is 4. The van der Waals surface area contributed by atoms with Crippen LogP contribution >= 0.6 is 0 Å². The second-order valence-corrected chi connectivity index (χ2v) is 4.34. The largest absolute Gasteiger partial charge is 0.302 e. The van der Waals surface area contributed by atoms with Crippen molar-refractivity contribution in [3.8, 4) is 0 Å².